The summed E-state index contributed by atoms with van der Waals surface area (Å²) in [7, 11) is 0. The third-order valence-corrected chi connectivity index (χ3v) is 4.83. The van der Waals surface area contributed by atoms with E-state index in [4.69, 9.17) is 0 Å². The number of aromatic nitrogens is 2. The molecular formula is C22H18N4O4. The van der Waals surface area contributed by atoms with Crippen LogP contribution in [0.25, 0.3) is 21.7 Å². The second kappa shape index (κ2) is 7.75. The quantitative estimate of drug-likeness (QED) is 0.308. The Labute approximate surface area is 170 Å². The average Bonchev–Trinajstić information content (AvgIpc) is 2.74. The molecule has 0 aliphatic rings. The highest BCUT2D eigenvalue weighted by molar-refractivity contribution is 6.03. The zero-order valence-corrected chi connectivity index (χ0v) is 16.1. The lowest BCUT2D eigenvalue weighted by Gasteiger charge is -2.09. The molecule has 4 aromatic rings. The Bertz CT molecular complexity index is 1380. The van der Waals surface area contributed by atoms with E-state index in [1.54, 1.807) is 30.3 Å². The number of fused-ring (bicyclic) bond motifs is 2. The zero-order valence-electron chi connectivity index (χ0n) is 16.1. The first-order valence-electron chi connectivity index (χ1n) is 9.44. The molecule has 0 aliphatic heterocycles. The number of non-ortho nitro benzene ring substituents is 1. The number of aromatic hydroxyl groups is 1. The molecule has 150 valence electrons. The number of rotatable bonds is 5. The van der Waals surface area contributed by atoms with Gasteiger partial charge < -0.3 is 5.11 Å². The molecule has 0 unspecified atom stereocenters. The molecule has 8 heteroatoms. The van der Waals surface area contributed by atoms with Crippen molar-refractivity contribution < 1.29 is 10.0 Å². The van der Waals surface area contributed by atoms with Crippen LogP contribution in [0, 0.1) is 10.1 Å². The molecule has 0 aliphatic carbocycles. The molecular weight excluding hydrogens is 384 g/mol. The Hall–Kier alpha value is -4.07. The smallest absolute Gasteiger partial charge is 0.282 e. The Morgan fingerprint density at radius 1 is 1.17 bits per heavy atom. The zero-order chi connectivity index (χ0) is 21.3. The maximum atomic E-state index is 13.0. The van der Waals surface area contributed by atoms with E-state index in [0.717, 1.165) is 6.42 Å². The first-order chi connectivity index (χ1) is 14.5. The molecule has 1 aromatic heterocycles. The van der Waals surface area contributed by atoms with Gasteiger partial charge in [-0.15, -0.1) is 0 Å². The van der Waals surface area contributed by atoms with Gasteiger partial charge in [0.25, 0.3) is 11.2 Å². The van der Waals surface area contributed by atoms with Crippen molar-refractivity contribution in [2.75, 3.05) is 0 Å². The number of nitrogens with zero attached hydrogens (tertiary/aromatic N) is 4. The third-order valence-electron chi connectivity index (χ3n) is 4.83. The highest BCUT2D eigenvalue weighted by atomic mass is 16.6. The van der Waals surface area contributed by atoms with Crippen molar-refractivity contribution in [3.8, 4) is 5.75 Å². The van der Waals surface area contributed by atoms with Crippen LogP contribution in [0.2, 0.25) is 0 Å². The number of aryl methyl sites for hydroxylation is 1. The van der Waals surface area contributed by atoms with Gasteiger partial charge >= 0.3 is 0 Å². The highest BCUT2D eigenvalue weighted by Gasteiger charge is 2.12. The maximum Gasteiger partial charge on any atom is 0.282 e. The lowest BCUT2D eigenvalue weighted by Crippen LogP contribution is -2.22. The molecule has 0 saturated carbocycles. The normalized spacial score (nSPS) is 11.5. The summed E-state index contributed by atoms with van der Waals surface area (Å²) in [4.78, 5) is 28.1. The van der Waals surface area contributed by atoms with Gasteiger partial charge in [0.1, 0.15) is 11.6 Å². The fourth-order valence-electron chi connectivity index (χ4n) is 3.37. The number of hydrogen-bond donors (Lipinski definition) is 1. The summed E-state index contributed by atoms with van der Waals surface area (Å²) < 4.78 is 1.25. The number of nitro groups is 1. The third kappa shape index (κ3) is 3.39. The molecule has 0 spiro atoms. The number of para-hydroxylation sites is 1. The maximum absolute atomic E-state index is 13.0. The monoisotopic (exact) mass is 402 g/mol. The molecule has 0 radical (unpaired) electrons. The molecule has 3 aromatic carbocycles. The predicted octanol–water partition coefficient (Wildman–Crippen LogP) is 4.00. The standard InChI is InChI=1S/C22H18N4O4/c1-2-5-21-24-19-7-4-3-6-17(19)22(28)25(21)23-13-18-16-10-9-15(26(29)30)12-14(16)8-11-20(18)27/h3-4,6-13,27H,2,5H2,1H3/b23-13-. The first-order valence-corrected chi connectivity index (χ1v) is 9.44. The van der Waals surface area contributed by atoms with E-state index >= 15 is 0 Å². The van der Waals surface area contributed by atoms with Gasteiger partial charge in [0.15, 0.2) is 0 Å². The van der Waals surface area contributed by atoms with Gasteiger partial charge in [-0.2, -0.15) is 9.78 Å². The van der Waals surface area contributed by atoms with Crippen LogP contribution in [0.3, 0.4) is 0 Å². The van der Waals surface area contributed by atoms with E-state index in [1.165, 1.54) is 29.1 Å². The Morgan fingerprint density at radius 3 is 2.73 bits per heavy atom. The van der Waals surface area contributed by atoms with Gasteiger partial charge in [-0.05, 0) is 41.5 Å². The summed E-state index contributed by atoms with van der Waals surface area (Å²) in [6.45, 7) is 1.98. The molecule has 8 nitrogen and oxygen atoms in total. The molecule has 1 N–H and O–H groups in total. The van der Waals surface area contributed by atoms with Crippen molar-refractivity contribution in [3.05, 3.63) is 86.5 Å². The number of phenols is 1. The summed E-state index contributed by atoms with van der Waals surface area (Å²) in [5, 5.41) is 27.3. The minimum atomic E-state index is -0.475. The van der Waals surface area contributed by atoms with Gasteiger partial charge in [-0.3, -0.25) is 14.9 Å². The Morgan fingerprint density at radius 2 is 1.97 bits per heavy atom. The fourth-order valence-corrected chi connectivity index (χ4v) is 3.37. The number of nitro benzene ring substituents is 1. The van der Waals surface area contributed by atoms with Crippen LogP contribution in [0.15, 0.2) is 64.5 Å². The van der Waals surface area contributed by atoms with E-state index in [-0.39, 0.29) is 17.0 Å². The number of benzene rings is 3. The summed E-state index contributed by atoms with van der Waals surface area (Å²) in [6.07, 6.45) is 2.73. The molecule has 0 saturated heterocycles. The topological polar surface area (TPSA) is 111 Å². The summed E-state index contributed by atoms with van der Waals surface area (Å²) >= 11 is 0. The van der Waals surface area contributed by atoms with E-state index in [2.05, 4.69) is 10.1 Å². The van der Waals surface area contributed by atoms with Crippen molar-refractivity contribution in [2.24, 2.45) is 5.10 Å². The van der Waals surface area contributed by atoms with Crippen LogP contribution < -0.4 is 5.56 Å². The Kier molecular flexibility index (Phi) is 4.97. The first kappa shape index (κ1) is 19.3. The Balaban J connectivity index is 1.89. The van der Waals surface area contributed by atoms with E-state index in [0.29, 0.717) is 39.5 Å². The fraction of sp³-hybridized carbons (Fsp3) is 0.136. The van der Waals surface area contributed by atoms with Gasteiger partial charge in [-0.1, -0.05) is 25.1 Å². The van der Waals surface area contributed by atoms with Crippen molar-refractivity contribution in [1.29, 1.82) is 0 Å². The van der Waals surface area contributed by atoms with Gasteiger partial charge in [-0.25, -0.2) is 4.98 Å². The lowest BCUT2D eigenvalue weighted by atomic mass is 10.0. The van der Waals surface area contributed by atoms with Crippen molar-refractivity contribution in [1.82, 2.24) is 9.66 Å². The van der Waals surface area contributed by atoms with Crippen molar-refractivity contribution >= 4 is 33.6 Å². The van der Waals surface area contributed by atoms with Crippen molar-refractivity contribution in [2.45, 2.75) is 19.8 Å². The molecule has 30 heavy (non-hydrogen) atoms. The van der Waals surface area contributed by atoms with Gasteiger partial charge in [0, 0.05) is 24.1 Å². The summed E-state index contributed by atoms with van der Waals surface area (Å²) in [6, 6.07) is 14.5. The molecule has 0 atom stereocenters. The van der Waals surface area contributed by atoms with E-state index < -0.39 is 4.92 Å². The SMILES string of the molecule is CCCc1nc2ccccc2c(=O)n1/N=C\c1c(O)ccc2cc([N+](=O)[O-])ccc12. The minimum absolute atomic E-state index is 0.0426. The molecule has 0 fully saturated rings. The summed E-state index contributed by atoms with van der Waals surface area (Å²) in [5.74, 6) is 0.478. The number of phenolic OH excluding ortho intramolecular Hbond substituents is 1. The second-order valence-electron chi connectivity index (χ2n) is 6.82. The predicted molar refractivity (Wildman–Crippen MR) is 115 cm³/mol. The lowest BCUT2D eigenvalue weighted by molar-refractivity contribution is -0.384. The van der Waals surface area contributed by atoms with Crippen LogP contribution in [-0.2, 0) is 6.42 Å². The van der Waals surface area contributed by atoms with Crippen LogP contribution in [0.1, 0.15) is 24.7 Å². The molecule has 0 amide bonds. The highest BCUT2D eigenvalue weighted by Crippen LogP contribution is 2.28. The van der Waals surface area contributed by atoms with Crippen LogP contribution >= 0.6 is 0 Å². The van der Waals surface area contributed by atoms with Crippen LogP contribution in [0.4, 0.5) is 5.69 Å². The van der Waals surface area contributed by atoms with Crippen LogP contribution in [0.5, 0.6) is 5.75 Å². The average molecular weight is 402 g/mol. The largest absolute Gasteiger partial charge is 0.507 e. The van der Waals surface area contributed by atoms with Gasteiger partial charge in [0.2, 0.25) is 0 Å². The van der Waals surface area contributed by atoms with Crippen LogP contribution in [-0.4, -0.2) is 25.9 Å². The minimum Gasteiger partial charge on any atom is -0.507 e. The van der Waals surface area contributed by atoms with Crippen molar-refractivity contribution in [3.63, 3.8) is 0 Å². The number of hydrogen-bond acceptors (Lipinski definition) is 6. The molecule has 1 heterocycles. The van der Waals surface area contributed by atoms with E-state index in [1.807, 2.05) is 13.0 Å². The second-order valence-corrected chi connectivity index (χ2v) is 6.82. The van der Waals surface area contributed by atoms with E-state index in [9.17, 15) is 20.0 Å². The summed E-state index contributed by atoms with van der Waals surface area (Å²) in [5.41, 5.74) is 0.634. The molecule has 0 bridgehead atoms. The molecule has 4 rings (SSSR count). The van der Waals surface area contributed by atoms with Gasteiger partial charge in [0.05, 0.1) is 22.0 Å².